The van der Waals surface area contributed by atoms with Gasteiger partial charge in [-0.1, -0.05) is 12.1 Å². The molecule has 1 fully saturated rings. The normalized spacial score (nSPS) is 13.7. The lowest BCUT2D eigenvalue weighted by Crippen LogP contribution is -2.30. The van der Waals surface area contributed by atoms with Crippen LogP contribution in [0.5, 0.6) is 11.5 Å². The van der Waals surface area contributed by atoms with Crippen molar-refractivity contribution in [2.75, 3.05) is 13.7 Å². The second-order valence-corrected chi connectivity index (χ2v) is 4.61. The van der Waals surface area contributed by atoms with Gasteiger partial charge in [-0.3, -0.25) is 4.79 Å². The van der Waals surface area contributed by atoms with E-state index in [-0.39, 0.29) is 12.5 Å². The van der Waals surface area contributed by atoms with E-state index in [1.165, 1.54) is 0 Å². The molecule has 102 valence electrons. The Hall–Kier alpha value is -1.97. The number of carbonyl (C=O) groups excluding carboxylic acids is 1. The minimum absolute atomic E-state index is 0.0215. The zero-order valence-electron chi connectivity index (χ0n) is 11.1. The molecule has 0 unspecified atom stereocenters. The summed E-state index contributed by atoms with van der Waals surface area (Å²) >= 11 is 0. The Morgan fingerprint density at radius 2 is 2.26 bits per heavy atom. The lowest BCUT2D eigenvalue weighted by atomic mass is 10.1. The molecule has 1 N–H and O–H groups in total. The Labute approximate surface area is 113 Å². The summed E-state index contributed by atoms with van der Waals surface area (Å²) < 4.78 is 10.8. The number of benzene rings is 1. The summed E-state index contributed by atoms with van der Waals surface area (Å²) in [6, 6.07) is 6.02. The van der Waals surface area contributed by atoms with Gasteiger partial charge < -0.3 is 14.8 Å². The Balaban J connectivity index is 1.94. The molecular weight excluding hydrogens is 242 g/mol. The van der Waals surface area contributed by atoms with Gasteiger partial charge in [0.05, 0.1) is 7.11 Å². The molecule has 19 heavy (non-hydrogen) atoms. The van der Waals surface area contributed by atoms with Crippen molar-refractivity contribution in [3.05, 3.63) is 36.4 Å². The first kappa shape index (κ1) is 13.5. The van der Waals surface area contributed by atoms with E-state index < -0.39 is 0 Å². The number of carbonyl (C=O) groups is 1. The molecule has 1 amide bonds. The standard InChI is InChI=1S/C15H19NO3/c1-3-4-11-5-8-13(14(9-11)18-2)19-10-15(17)16-12-6-7-12/h3,5,8-9,12H,1,4,6-7,10H2,2H3,(H,16,17). The summed E-state index contributed by atoms with van der Waals surface area (Å²) in [5, 5.41) is 2.88. The van der Waals surface area contributed by atoms with E-state index in [4.69, 9.17) is 9.47 Å². The number of hydrogen-bond donors (Lipinski definition) is 1. The van der Waals surface area contributed by atoms with Crippen molar-refractivity contribution in [3.8, 4) is 11.5 Å². The van der Waals surface area contributed by atoms with Crippen LogP contribution in [-0.4, -0.2) is 25.7 Å². The van der Waals surface area contributed by atoms with Gasteiger partial charge in [0.25, 0.3) is 5.91 Å². The van der Waals surface area contributed by atoms with E-state index in [9.17, 15) is 4.79 Å². The van der Waals surface area contributed by atoms with Crippen LogP contribution in [0.25, 0.3) is 0 Å². The minimum Gasteiger partial charge on any atom is -0.493 e. The highest BCUT2D eigenvalue weighted by molar-refractivity contribution is 5.78. The number of amides is 1. The van der Waals surface area contributed by atoms with E-state index in [2.05, 4.69) is 11.9 Å². The quantitative estimate of drug-likeness (QED) is 0.764. The molecule has 0 atom stereocenters. The summed E-state index contributed by atoms with van der Waals surface area (Å²) in [6.45, 7) is 3.72. The van der Waals surface area contributed by atoms with Gasteiger partial charge >= 0.3 is 0 Å². The molecule has 0 spiro atoms. The Kier molecular flexibility index (Phi) is 4.44. The predicted molar refractivity (Wildman–Crippen MR) is 73.6 cm³/mol. The molecule has 0 radical (unpaired) electrons. The Morgan fingerprint density at radius 3 is 2.89 bits per heavy atom. The number of rotatable bonds is 7. The second-order valence-electron chi connectivity index (χ2n) is 4.61. The molecule has 0 bridgehead atoms. The number of hydrogen-bond acceptors (Lipinski definition) is 3. The molecular formula is C15H19NO3. The number of allylic oxidation sites excluding steroid dienone is 1. The maximum absolute atomic E-state index is 11.5. The zero-order valence-corrected chi connectivity index (χ0v) is 11.1. The largest absolute Gasteiger partial charge is 0.493 e. The molecule has 0 heterocycles. The first-order chi connectivity index (χ1) is 9.22. The summed E-state index contributed by atoms with van der Waals surface area (Å²) in [7, 11) is 1.59. The van der Waals surface area contributed by atoms with Crippen LogP contribution in [0.2, 0.25) is 0 Å². The molecule has 1 saturated carbocycles. The van der Waals surface area contributed by atoms with Crippen LogP contribution in [0.15, 0.2) is 30.9 Å². The van der Waals surface area contributed by atoms with E-state index in [0.29, 0.717) is 17.5 Å². The zero-order chi connectivity index (χ0) is 13.7. The smallest absolute Gasteiger partial charge is 0.258 e. The lowest BCUT2D eigenvalue weighted by molar-refractivity contribution is -0.123. The number of nitrogens with one attached hydrogen (secondary N) is 1. The van der Waals surface area contributed by atoms with E-state index >= 15 is 0 Å². The Bertz CT molecular complexity index is 466. The highest BCUT2D eigenvalue weighted by Gasteiger charge is 2.23. The van der Waals surface area contributed by atoms with Gasteiger partial charge in [-0.05, 0) is 37.0 Å². The third-order valence-electron chi connectivity index (χ3n) is 2.91. The van der Waals surface area contributed by atoms with Gasteiger partial charge in [-0.15, -0.1) is 6.58 Å². The van der Waals surface area contributed by atoms with Crippen LogP contribution in [0.4, 0.5) is 0 Å². The maximum Gasteiger partial charge on any atom is 0.258 e. The van der Waals surface area contributed by atoms with Crippen LogP contribution >= 0.6 is 0 Å². The van der Waals surface area contributed by atoms with Gasteiger partial charge in [0.2, 0.25) is 0 Å². The fraction of sp³-hybridized carbons (Fsp3) is 0.400. The van der Waals surface area contributed by atoms with Gasteiger partial charge in [0, 0.05) is 6.04 Å². The highest BCUT2D eigenvalue weighted by atomic mass is 16.5. The molecule has 1 aromatic rings. The molecule has 1 aliphatic carbocycles. The first-order valence-corrected chi connectivity index (χ1v) is 6.43. The molecule has 2 rings (SSSR count). The average Bonchev–Trinajstić information content (AvgIpc) is 3.21. The van der Waals surface area contributed by atoms with Crippen molar-refractivity contribution in [1.82, 2.24) is 5.32 Å². The number of ether oxygens (including phenoxy) is 2. The lowest BCUT2D eigenvalue weighted by Gasteiger charge is -2.11. The third-order valence-corrected chi connectivity index (χ3v) is 2.91. The first-order valence-electron chi connectivity index (χ1n) is 6.43. The van der Waals surface area contributed by atoms with Crippen LogP contribution in [-0.2, 0) is 11.2 Å². The molecule has 0 aromatic heterocycles. The molecule has 4 nitrogen and oxygen atoms in total. The summed E-state index contributed by atoms with van der Waals surface area (Å²) in [5.74, 6) is 1.14. The molecule has 4 heteroatoms. The molecule has 0 saturated heterocycles. The molecule has 1 aliphatic rings. The predicted octanol–water partition coefficient (Wildman–Crippen LogP) is 2.08. The van der Waals surface area contributed by atoms with Crippen molar-refractivity contribution in [3.63, 3.8) is 0 Å². The average molecular weight is 261 g/mol. The van der Waals surface area contributed by atoms with Gasteiger partial charge in [0.15, 0.2) is 18.1 Å². The van der Waals surface area contributed by atoms with Crippen LogP contribution < -0.4 is 14.8 Å². The summed E-state index contributed by atoms with van der Waals surface area (Å²) in [4.78, 5) is 11.5. The van der Waals surface area contributed by atoms with Crippen molar-refractivity contribution in [2.24, 2.45) is 0 Å². The van der Waals surface area contributed by atoms with Gasteiger partial charge in [0.1, 0.15) is 0 Å². The van der Waals surface area contributed by atoms with E-state index in [1.807, 2.05) is 24.3 Å². The fourth-order valence-corrected chi connectivity index (χ4v) is 1.77. The SMILES string of the molecule is C=CCc1ccc(OCC(=O)NC2CC2)c(OC)c1. The van der Waals surface area contributed by atoms with Crippen molar-refractivity contribution in [2.45, 2.75) is 25.3 Å². The third kappa shape index (κ3) is 4.02. The Morgan fingerprint density at radius 1 is 1.47 bits per heavy atom. The van der Waals surface area contributed by atoms with Gasteiger partial charge in [-0.25, -0.2) is 0 Å². The van der Waals surface area contributed by atoms with Crippen molar-refractivity contribution in [1.29, 1.82) is 0 Å². The van der Waals surface area contributed by atoms with Crippen LogP contribution in [0, 0.1) is 0 Å². The highest BCUT2D eigenvalue weighted by Crippen LogP contribution is 2.28. The van der Waals surface area contributed by atoms with E-state index in [1.54, 1.807) is 7.11 Å². The second kappa shape index (κ2) is 6.27. The fourth-order valence-electron chi connectivity index (χ4n) is 1.77. The maximum atomic E-state index is 11.5. The van der Waals surface area contributed by atoms with Gasteiger partial charge in [-0.2, -0.15) is 0 Å². The van der Waals surface area contributed by atoms with Crippen molar-refractivity contribution < 1.29 is 14.3 Å². The van der Waals surface area contributed by atoms with E-state index in [0.717, 1.165) is 24.8 Å². The monoisotopic (exact) mass is 261 g/mol. The summed E-state index contributed by atoms with van der Waals surface area (Å²) in [6.07, 6.45) is 4.76. The molecule has 0 aliphatic heterocycles. The van der Waals surface area contributed by atoms with Crippen LogP contribution in [0.1, 0.15) is 18.4 Å². The topological polar surface area (TPSA) is 47.6 Å². The minimum atomic E-state index is -0.0836. The number of methoxy groups -OCH3 is 1. The molecule has 1 aromatic carbocycles. The summed E-state index contributed by atoms with van der Waals surface area (Å²) in [5.41, 5.74) is 1.10. The van der Waals surface area contributed by atoms with Crippen LogP contribution in [0.3, 0.4) is 0 Å². The van der Waals surface area contributed by atoms with Crippen molar-refractivity contribution >= 4 is 5.91 Å².